The second kappa shape index (κ2) is 5.40. The number of aliphatic hydroxyl groups excluding tert-OH is 1. The number of aliphatic hydroxyl groups is 1. The van der Waals surface area contributed by atoms with Crippen LogP contribution < -0.4 is 9.80 Å². The molecule has 1 atom stereocenters. The normalized spacial score (nSPS) is 22.9. The Morgan fingerprint density at radius 2 is 2.05 bits per heavy atom. The molecule has 1 aromatic carbocycles. The third-order valence-corrected chi connectivity index (χ3v) is 4.15. The third-order valence-electron chi connectivity index (χ3n) is 4.15. The van der Waals surface area contributed by atoms with Gasteiger partial charge < -0.3 is 14.9 Å². The lowest BCUT2D eigenvalue weighted by molar-refractivity contribution is -0.117. The van der Waals surface area contributed by atoms with Crippen molar-refractivity contribution in [3.05, 3.63) is 24.0 Å². The van der Waals surface area contributed by atoms with E-state index < -0.39 is 0 Å². The number of amides is 1. The summed E-state index contributed by atoms with van der Waals surface area (Å²) in [7, 11) is 0. The standard InChI is InChI=1S/C15H19FN2O2/c16-13-8-12(18-9-11(10-19)7-15(18)20)3-4-14(13)17-5-1-2-6-17/h3-4,8,11,19H,1-2,5-7,9-10H2. The molecule has 1 aromatic rings. The number of rotatable bonds is 3. The molecule has 2 aliphatic rings. The van der Waals surface area contributed by atoms with E-state index in [4.69, 9.17) is 5.11 Å². The summed E-state index contributed by atoms with van der Waals surface area (Å²) in [5, 5.41) is 9.13. The molecule has 1 amide bonds. The average Bonchev–Trinajstić information content (AvgIpc) is 3.07. The minimum atomic E-state index is -0.273. The van der Waals surface area contributed by atoms with E-state index in [1.54, 1.807) is 17.0 Å². The van der Waals surface area contributed by atoms with E-state index in [0.29, 0.717) is 24.3 Å². The summed E-state index contributed by atoms with van der Waals surface area (Å²) >= 11 is 0. The molecule has 108 valence electrons. The Balaban J connectivity index is 1.81. The first-order valence-corrected chi connectivity index (χ1v) is 7.15. The summed E-state index contributed by atoms with van der Waals surface area (Å²) in [6.07, 6.45) is 2.54. The maximum absolute atomic E-state index is 14.2. The zero-order valence-electron chi connectivity index (χ0n) is 11.4. The highest BCUT2D eigenvalue weighted by Crippen LogP contribution is 2.30. The van der Waals surface area contributed by atoms with E-state index in [9.17, 15) is 9.18 Å². The smallest absolute Gasteiger partial charge is 0.227 e. The number of anilines is 2. The highest BCUT2D eigenvalue weighted by Gasteiger charge is 2.30. The zero-order valence-corrected chi connectivity index (χ0v) is 11.4. The van der Waals surface area contributed by atoms with Gasteiger partial charge in [0.25, 0.3) is 0 Å². The van der Waals surface area contributed by atoms with Crippen molar-refractivity contribution in [2.45, 2.75) is 19.3 Å². The fourth-order valence-electron chi connectivity index (χ4n) is 3.03. The van der Waals surface area contributed by atoms with Crippen molar-refractivity contribution < 1.29 is 14.3 Å². The van der Waals surface area contributed by atoms with Crippen molar-refractivity contribution in [3.63, 3.8) is 0 Å². The lowest BCUT2D eigenvalue weighted by Gasteiger charge is -2.21. The average molecular weight is 278 g/mol. The molecule has 1 unspecified atom stereocenters. The lowest BCUT2D eigenvalue weighted by Crippen LogP contribution is -2.25. The second-order valence-corrected chi connectivity index (χ2v) is 5.59. The molecule has 2 saturated heterocycles. The van der Waals surface area contributed by atoms with Crippen LogP contribution in [-0.2, 0) is 4.79 Å². The Bertz CT molecular complexity index is 515. The molecule has 3 rings (SSSR count). The van der Waals surface area contributed by atoms with Gasteiger partial charge in [0.15, 0.2) is 0 Å². The molecule has 0 aromatic heterocycles. The van der Waals surface area contributed by atoms with Gasteiger partial charge in [0.2, 0.25) is 5.91 Å². The quantitative estimate of drug-likeness (QED) is 0.916. The van der Waals surface area contributed by atoms with Gasteiger partial charge in [-0.2, -0.15) is 0 Å². The van der Waals surface area contributed by atoms with Crippen LogP contribution in [0.3, 0.4) is 0 Å². The Labute approximate surface area is 117 Å². The van der Waals surface area contributed by atoms with Crippen LogP contribution in [0.1, 0.15) is 19.3 Å². The van der Waals surface area contributed by atoms with Crippen LogP contribution in [-0.4, -0.2) is 37.3 Å². The van der Waals surface area contributed by atoms with Gasteiger partial charge in [-0.1, -0.05) is 0 Å². The Morgan fingerprint density at radius 3 is 2.65 bits per heavy atom. The van der Waals surface area contributed by atoms with Gasteiger partial charge >= 0.3 is 0 Å². The van der Waals surface area contributed by atoms with Crippen molar-refractivity contribution in [2.75, 3.05) is 36.0 Å². The van der Waals surface area contributed by atoms with Crippen molar-refractivity contribution in [1.82, 2.24) is 0 Å². The summed E-state index contributed by atoms with van der Waals surface area (Å²) in [6.45, 7) is 2.26. The van der Waals surface area contributed by atoms with E-state index in [-0.39, 0.29) is 24.2 Å². The van der Waals surface area contributed by atoms with Crippen LogP contribution in [0, 0.1) is 11.7 Å². The molecule has 4 nitrogen and oxygen atoms in total. The predicted octanol–water partition coefficient (Wildman–Crippen LogP) is 1.77. The minimum Gasteiger partial charge on any atom is -0.396 e. The van der Waals surface area contributed by atoms with Gasteiger partial charge in [-0.15, -0.1) is 0 Å². The van der Waals surface area contributed by atoms with Crippen molar-refractivity contribution in [2.24, 2.45) is 5.92 Å². The van der Waals surface area contributed by atoms with Gasteiger partial charge in [-0.3, -0.25) is 4.79 Å². The summed E-state index contributed by atoms with van der Waals surface area (Å²) in [5.74, 6) is -0.356. The van der Waals surface area contributed by atoms with Gasteiger partial charge in [-0.25, -0.2) is 4.39 Å². The number of hydrogen-bond acceptors (Lipinski definition) is 3. The molecular weight excluding hydrogens is 259 g/mol. The first-order chi connectivity index (χ1) is 9.69. The number of hydrogen-bond donors (Lipinski definition) is 1. The van der Waals surface area contributed by atoms with E-state index >= 15 is 0 Å². The fraction of sp³-hybridized carbons (Fsp3) is 0.533. The minimum absolute atomic E-state index is 0.00339. The highest BCUT2D eigenvalue weighted by molar-refractivity contribution is 5.95. The molecular formula is C15H19FN2O2. The van der Waals surface area contributed by atoms with Crippen LogP contribution >= 0.6 is 0 Å². The van der Waals surface area contributed by atoms with E-state index in [0.717, 1.165) is 25.9 Å². The first kappa shape index (κ1) is 13.4. The molecule has 0 bridgehead atoms. The third kappa shape index (κ3) is 2.38. The molecule has 0 spiro atoms. The van der Waals surface area contributed by atoms with Crippen molar-refractivity contribution >= 4 is 17.3 Å². The van der Waals surface area contributed by atoms with E-state index in [1.807, 2.05) is 4.90 Å². The SMILES string of the molecule is O=C1CC(CO)CN1c1ccc(N2CCCC2)c(F)c1. The summed E-state index contributed by atoms with van der Waals surface area (Å²) in [6, 6.07) is 5.00. The predicted molar refractivity (Wildman–Crippen MR) is 75.4 cm³/mol. The second-order valence-electron chi connectivity index (χ2n) is 5.59. The maximum atomic E-state index is 14.2. The van der Waals surface area contributed by atoms with Crippen LogP contribution in [0.4, 0.5) is 15.8 Å². The summed E-state index contributed by atoms with van der Waals surface area (Å²) in [5.41, 5.74) is 1.21. The van der Waals surface area contributed by atoms with Gasteiger partial charge in [0.1, 0.15) is 5.82 Å². The molecule has 2 aliphatic heterocycles. The van der Waals surface area contributed by atoms with Crippen molar-refractivity contribution in [1.29, 1.82) is 0 Å². The molecule has 20 heavy (non-hydrogen) atoms. The highest BCUT2D eigenvalue weighted by atomic mass is 19.1. The molecule has 2 heterocycles. The topological polar surface area (TPSA) is 43.8 Å². The van der Waals surface area contributed by atoms with Gasteiger partial charge in [0, 0.05) is 44.3 Å². The zero-order chi connectivity index (χ0) is 14.1. The molecule has 1 N–H and O–H groups in total. The van der Waals surface area contributed by atoms with Gasteiger partial charge in [-0.05, 0) is 31.0 Å². The van der Waals surface area contributed by atoms with E-state index in [2.05, 4.69) is 0 Å². The Kier molecular flexibility index (Phi) is 3.61. The van der Waals surface area contributed by atoms with Crippen LogP contribution in [0.2, 0.25) is 0 Å². The fourth-order valence-corrected chi connectivity index (χ4v) is 3.03. The van der Waals surface area contributed by atoms with Crippen molar-refractivity contribution in [3.8, 4) is 0 Å². The largest absolute Gasteiger partial charge is 0.396 e. The maximum Gasteiger partial charge on any atom is 0.227 e. The molecule has 2 fully saturated rings. The molecule has 0 aliphatic carbocycles. The number of carbonyl (C=O) groups excluding carboxylic acids is 1. The lowest BCUT2D eigenvalue weighted by atomic mass is 10.1. The molecule has 0 saturated carbocycles. The number of carbonyl (C=O) groups is 1. The Hall–Kier alpha value is -1.62. The van der Waals surface area contributed by atoms with Crippen LogP contribution in [0.5, 0.6) is 0 Å². The molecule has 0 radical (unpaired) electrons. The van der Waals surface area contributed by atoms with Crippen LogP contribution in [0.25, 0.3) is 0 Å². The monoisotopic (exact) mass is 278 g/mol. The first-order valence-electron chi connectivity index (χ1n) is 7.15. The number of halogens is 1. The number of benzene rings is 1. The number of nitrogens with zero attached hydrogens (tertiary/aromatic N) is 2. The summed E-state index contributed by atoms with van der Waals surface area (Å²) in [4.78, 5) is 15.5. The summed E-state index contributed by atoms with van der Waals surface area (Å²) < 4.78 is 14.2. The van der Waals surface area contributed by atoms with Crippen LogP contribution in [0.15, 0.2) is 18.2 Å². The molecule has 5 heteroatoms. The Morgan fingerprint density at radius 1 is 1.30 bits per heavy atom. The van der Waals surface area contributed by atoms with Gasteiger partial charge in [0.05, 0.1) is 5.69 Å². The van der Waals surface area contributed by atoms with E-state index in [1.165, 1.54) is 6.07 Å².